The zero-order chi connectivity index (χ0) is 10.1. The van der Waals surface area contributed by atoms with E-state index in [9.17, 15) is 5.11 Å². The van der Waals surface area contributed by atoms with E-state index in [1.54, 1.807) is 0 Å². The van der Waals surface area contributed by atoms with Gasteiger partial charge in [-0.25, -0.2) is 0 Å². The van der Waals surface area contributed by atoms with Gasteiger partial charge in [-0.05, 0) is 36.1 Å². The Morgan fingerprint density at radius 3 is 2.93 bits per heavy atom. The molecule has 0 spiro atoms. The number of hydrogen-bond donors (Lipinski definition) is 2. The van der Waals surface area contributed by atoms with Gasteiger partial charge in [-0.15, -0.1) is 0 Å². The van der Waals surface area contributed by atoms with Gasteiger partial charge < -0.3 is 10.8 Å². The number of nitrogens with two attached hydrogens (primary N) is 1. The van der Waals surface area contributed by atoms with Gasteiger partial charge in [0.1, 0.15) is 0 Å². The maximum absolute atomic E-state index is 9.98. The van der Waals surface area contributed by atoms with Crippen molar-refractivity contribution in [2.24, 2.45) is 11.7 Å². The van der Waals surface area contributed by atoms with Crippen LogP contribution in [0, 0.1) is 5.92 Å². The molecule has 14 heavy (non-hydrogen) atoms. The molecule has 1 aliphatic carbocycles. The van der Waals surface area contributed by atoms with E-state index in [-0.39, 0.29) is 12.0 Å². The third-order valence-electron chi connectivity index (χ3n) is 3.17. The smallest absolute Gasteiger partial charge is 0.0836 e. The highest BCUT2D eigenvalue weighted by atomic mass is 16.3. The van der Waals surface area contributed by atoms with E-state index in [0.29, 0.717) is 6.54 Å². The molecule has 0 bridgehead atoms. The summed E-state index contributed by atoms with van der Waals surface area (Å²) in [7, 11) is 0. The van der Waals surface area contributed by atoms with Crippen molar-refractivity contribution >= 4 is 0 Å². The Morgan fingerprint density at radius 2 is 2.29 bits per heavy atom. The van der Waals surface area contributed by atoms with Crippen LogP contribution in [-0.2, 0) is 12.8 Å². The minimum atomic E-state index is -0.346. The molecule has 3 N–H and O–H groups in total. The van der Waals surface area contributed by atoms with E-state index in [1.165, 1.54) is 11.1 Å². The average Bonchev–Trinajstić information content (AvgIpc) is 2.55. The average molecular weight is 191 g/mol. The molecule has 2 unspecified atom stereocenters. The van der Waals surface area contributed by atoms with Gasteiger partial charge in [0, 0.05) is 5.92 Å². The van der Waals surface area contributed by atoms with Crippen molar-refractivity contribution in [1.82, 2.24) is 0 Å². The summed E-state index contributed by atoms with van der Waals surface area (Å²) in [6.07, 6.45) is 1.60. The van der Waals surface area contributed by atoms with Gasteiger partial charge in [0.2, 0.25) is 0 Å². The quantitative estimate of drug-likeness (QED) is 0.742. The Labute approximate surface area is 84.7 Å². The summed E-state index contributed by atoms with van der Waals surface area (Å²) >= 11 is 0. The number of aryl methyl sites for hydroxylation is 1. The molecule has 0 amide bonds. The molecule has 2 heteroatoms. The van der Waals surface area contributed by atoms with E-state index in [2.05, 4.69) is 25.1 Å². The van der Waals surface area contributed by atoms with Crippen LogP contribution in [0.1, 0.15) is 29.7 Å². The maximum atomic E-state index is 9.98. The molecule has 0 saturated heterocycles. The van der Waals surface area contributed by atoms with Crippen LogP contribution < -0.4 is 5.73 Å². The molecule has 0 heterocycles. The zero-order valence-corrected chi connectivity index (χ0v) is 8.53. The molecule has 0 fully saturated rings. The molecule has 1 aromatic rings. The van der Waals surface area contributed by atoms with Crippen LogP contribution in [0.3, 0.4) is 0 Å². The SMILES string of the molecule is CCc1ccc2c(c1)C(O)C(CN)C2. The van der Waals surface area contributed by atoms with Crippen molar-refractivity contribution in [2.45, 2.75) is 25.9 Å². The van der Waals surface area contributed by atoms with Crippen LogP contribution in [-0.4, -0.2) is 11.7 Å². The van der Waals surface area contributed by atoms with Crippen LogP contribution in [0.5, 0.6) is 0 Å². The van der Waals surface area contributed by atoms with Crippen LogP contribution in [0.25, 0.3) is 0 Å². The lowest BCUT2D eigenvalue weighted by Gasteiger charge is -2.11. The normalized spacial score (nSPS) is 25.1. The highest BCUT2D eigenvalue weighted by Gasteiger charge is 2.29. The monoisotopic (exact) mass is 191 g/mol. The predicted molar refractivity (Wildman–Crippen MR) is 57.0 cm³/mol. The van der Waals surface area contributed by atoms with Gasteiger partial charge in [-0.2, -0.15) is 0 Å². The second-order valence-corrected chi connectivity index (χ2v) is 4.03. The summed E-state index contributed by atoms with van der Waals surface area (Å²) in [4.78, 5) is 0. The molecule has 1 aliphatic rings. The van der Waals surface area contributed by atoms with Gasteiger partial charge in [0.15, 0.2) is 0 Å². The molecule has 0 radical (unpaired) electrons. The Bertz CT molecular complexity index is 335. The third kappa shape index (κ3) is 1.45. The van der Waals surface area contributed by atoms with Crippen molar-refractivity contribution < 1.29 is 5.11 Å². The molecule has 76 valence electrons. The lowest BCUT2D eigenvalue weighted by atomic mass is 10.0. The van der Waals surface area contributed by atoms with Crippen molar-refractivity contribution in [2.75, 3.05) is 6.54 Å². The van der Waals surface area contributed by atoms with Crippen molar-refractivity contribution in [1.29, 1.82) is 0 Å². The molecule has 2 atom stereocenters. The van der Waals surface area contributed by atoms with Gasteiger partial charge in [0.25, 0.3) is 0 Å². The number of fused-ring (bicyclic) bond motifs is 1. The number of aliphatic hydroxyl groups is 1. The third-order valence-corrected chi connectivity index (χ3v) is 3.17. The summed E-state index contributed by atoms with van der Waals surface area (Å²) in [5, 5.41) is 9.98. The van der Waals surface area contributed by atoms with E-state index in [0.717, 1.165) is 18.4 Å². The van der Waals surface area contributed by atoms with E-state index in [1.807, 2.05) is 0 Å². The van der Waals surface area contributed by atoms with E-state index >= 15 is 0 Å². The molecular formula is C12H17NO. The Morgan fingerprint density at radius 1 is 1.50 bits per heavy atom. The molecule has 1 aromatic carbocycles. The van der Waals surface area contributed by atoms with E-state index in [4.69, 9.17) is 5.73 Å². The molecule has 2 nitrogen and oxygen atoms in total. The Hall–Kier alpha value is -0.860. The maximum Gasteiger partial charge on any atom is 0.0836 e. The first kappa shape index (κ1) is 9.69. The number of benzene rings is 1. The fourth-order valence-corrected chi connectivity index (χ4v) is 2.19. The van der Waals surface area contributed by atoms with Crippen LogP contribution in [0.2, 0.25) is 0 Å². The summed E-state index contributed by atoms with van der Waals surface area (Å²) in [6, 6.07) is 6.40. The Balaban J connectivity index is 2.35. The lowest BCUT2D eigenvalue weighted by molar-refractivity contribution is 0.127. The fraction of sp³-hybridized carbons (Fsp3) is 0.500. The minimum absolute atomic E-state index is 0.220. The second kappa shape index (κ2) is 3.71. The molecule has 2 rings (SSSR count). The van der Waals surface area contributed by atoms with Crippen molar-refractivity contribution in [3.05, 3.63) is 34.9 Å². The summed E-state index contributed by atoms with van der Waals surface area (Å²) in [5.74, 6) is 0.220. The van der Waals surface area contributed by atoms with Gasteiger partial charge in [0.05, 0.1) is 6.10 Å². The second-order valence-electron chi connectivity index (χ2n) is 4.03. The molecular weight excluding hydrogens is 174 g/mol. The summed E-state index contributed by atoms with van der Waals surface area (Å²) < 4.78 is 0. The number of hydrogen-bond acceptors (Lipinski definition) is 2. The standard InChI is InChI=1S/C12H17NO/c1-2-8-3-4-9-6-10(7-13)12(14)11(9)5-8/h3-5,10,12,14H,2,6-7,13H2,1H3. The minimum Gasteiger partial charge on any atom is -0.388 e. The first-order valence-corrected chi connectivity index (χ1v) is 5.26. The first-order valence-electron chi connectivity index (χ1n) is 5.26. The number of aliphatic hydroxyl groups excluding tert-OH is 1. The molecule has 0 aromatic heterocycles. The molecule has 0 aliphatic heterocycles. The highest BCUT2D eigenvalue weighted by molar-refractivity contribution is 5.38. The number of rotatable bonds is 2. The van der Waals surface area contributed by atoms with Crippen LogP contribution in [0.4, 0.5) is 0 Å². The van der Waals surface area contributed by atoms with Gasteiger partial charge >= 0.3 is 0 Å². The summed E-state index contributed by atoms with van der Waals surface area (Å²) in [5.41, 5.74) is 9.27. The topological polar surface area (TPSA) is 46.2 Å². The highest BCUT2D eigenvalue weighted by Crippen LogP contribution is 2.35. The Kier molecular flexibility index (Phi) is 2.57. The van der Waals surface area contributed by atoms with Crippen LogP contribution in [0.15, 0.2) is 18.2 Å². The first-order chi connectivity index (χ1) is 6.76. The zero-order valence-electron chi connectivity index (χ0n) is 8.53. The van der Waals surface area contributed by atoms with Crippen LogP contribution >= 0.6 is 0 Å². The molecule has 0 saturated carbocycles. The lowest BCUT2D eigenvalue weighted by Crippen LogP contribution is -2.18. The van der Waals surface area contributed by atoms with E-state index < -0.39 is 0 Å². The van der Waals surface area contributed by atoms with Gasteiger partial charge in [-0.3, -0.25) is 0 Å². The predicted octanol–water partition coefficient (Wildman–Crippen LogP) is 1.41. The summed E-state index contributed by atoms with van der Waals surface area (Å²) in [6.45, 7) is 2.70. The van der Waals surface area contributed by atoms with Crippen molar-refractivity contribution in [3.63, 3.8) is 0 Å². The van der Waals surface area contributed by atoms with Crippen molar-refractivity contribution in [3.8, 4) is 0 Å². The van der Waals surface area contributed by atoms with Gasteiger partial charge in [-0.1, -0.05) is 25.1 Å². The fourth-order valence-electron chi connectivity index (χ4n) is 2.19. The largest absolute Gasteiger partial charge is 0.388 e.